The van der Waals surface area contributed by atoms with Crippen molar-refractivity contribution in [2.45, 2.75) is 171 Å². The van der Waals surface area contributed by atoms with E-state index in [1.807, 2.05) is 0 Å². The average molecular weight is 911 g/mol. The number of carbonyl (C=O) groups is 2. The Morgan fingerprint density at radius 3 is 1.05 bits per heavy atom. The van der Waals surface area contributed by atoms with Crippen molar-refractivity contribution in [2.75, 3.05) is 92.5 Å². The normalized spacial score (nSPS) is 14.5. The molecule has 0 fully saturated rings. The third kappa shape index (κ3) is 30.2. The van der Waals surface area contributed by atoms with E-state index in [1.165, 1.54) is 64.2 Å². The highest BCUT2D eigenvalue weighted by atomic mass is 16.7. The molecule has 0 aliphatic heterocycles. The van der Waals surface area contributed by atoms with E-state index < -0.39 is 24.5 Å². The number of carbonyl (C=O) groups excluding carboxylic acids is 2. The molecule has 0 N–H and O–H groups in total. The summed E-state index contributed by atoms with van der Waals surface area (Å²) in [5.74, 6) is 0.792. The summed E-state index contributed by atoms with van der Waals surface area (Å²) in [5, 5.41) is 0. The van der Waals surface area contributed by atoms with E-state index in [1.54, 1.807) is 24.3 Å². The summed E-state index contributed by atoms with van der Waals surface area (Å²) >= 11 is 0. The van der Waals surface area contributed by atoms with Crippen molar-refractivity contribution in [1.82, 2.24) is 0 Å². The molecule has 0 aliphatic rings. The largest absolute Gasteiger partial charge is 0.460 e. The molecule has 374 valence electrons. The maximum atomic E-state index is 13.0. The molecular formula is C52H94O12. The molecule has 0 spiro atoms. The number of ether oxygens (including phenoxy) is 10. The minimum Gasteiger partial charge on any atom is -0.460 e. The van der Waals surface area contributed by atoms with Crippen LogP contribution in [0, 0.1) is 23.7 Å². The zero-order valence-electron chi connectivity index (χ0n) is 41.9. The topological polar surface area (TPSA) is 126 Å². The van der Waals surface area contributed by atoms with Crippen molar-refractivity contribution >= 4 is 11.9 Å². The van der Waals surface area contributed by atoms with E-state index in [0.717, 1.165) is 38.5 Å². The van der Waals surface area contributed by atoms with Gasteiger partial charge in [0, 0.05) is 13.2 Å². The highest BCUT2D eigenvalue weighted by Crippen LogP contribution is 2.18. The van der Waals surface area contributed by atoms with Crippen LogP contribution in [0.4, 0.5) is 0 Å². The van der Waals surface area contributed by atoms with E-state index in [4.69, 9.17) is 47.4 Å². The molecule has 12 heteroatoms. The first-order chi connectivity index (χ1) is 31.3. The highest BCUT2D eigenvalue weighted by Gasteiger charge is 2.20. The van der Waals surface area contributed by atoms with Gasteiger partial charge in [0.15, 0.2) is 12.6 Å². The van der Waals surface area contributed by atoms with E-state index in [-0.39, 0.29) is 37.6 Å². The van der Waals surface area contributed by atoms with Gasteiger partial charge in [-0.15, -0.1) is 0 Å². The van der Waals surface area contributed by atoms with Gasteiger partial charge in [-0.3, -0.25) is 0 Å². The number of rotatable bonds is 46. The number of unbranched alkanes of at least 4 members (excludes halogenated alkanes) is 4. The Hall–Kier alpha value is -2.16. The van der Waals surface area contributed by atoms with Crippen molar-refractivity contribution < 1.29 is 57.0 Å². The smallest absolute Gasteiger partial charge is 0.339 e. The van der Waals surface area contributed by atoms with Crippen LogP contribution in [0.15, 0.2) is 24.3 Å². The zero-order valence-corrected chi connectivity index (χ0v) is 41.9. The molecule has 12 nitrogen and oxygen atoms in total. The van der Waals surface area contributed by atoms with Gasteiger partial charge < -0.3 is 47.4 Å². The molecule has 0 saturated heterocycles. The lowest BCUT2D eigenvalue weighted by atomic mass is 10.0. The van der Waals surface area contributed by atoms with Crippen LogP contribution in [-0.2, 0) is 47.4 Å². The van der Waals surface area contributed by atoms with Crippen LogP contribution in [0.5, 0.6) is 0 Å². The highest BCUT2D eigenvalue weighted by molar-refractivity contribution is 6.03. The SMILES string of the molecule is CCCCC(CC)COCC(OCCOCCOC(=O)c1ccccc1C(=O)OCCOCCOC(COCC(CC)CCCC)OCC(CC)CCCC)OCC(CC)CCCC. The summed E-state index contributed by atoms with van der Waals surface area (Å²) in [7, 11) is 0. The number of hydrogen-bond acceptors (Lipinski definition) is 12. The lowest BCUT2D eigenvalue weighted by Crippen LogP contribution is -2.29. The zero-order chi connectivity index (χ0) is 46.9. The van der Waals surface area contributed by atoms with Crippen molar-refractivity contribution in [3.8, 4) is 0 Å². The van der Waals surface area contributed by atoms with Gasteiger partial charge in [-0.25, -0.2) is 9.59 Å². The molecular weight excluding hydrogens is 817 g/mol. The van der Waals surface area contributed by atoms with Crippen LogP contribution < -0.4 is 0 Å². The Balaban J connectivity index is 2.50. The number of esters is 2. The van der Waals surface area contributed by atoms with Crippen molar-refractivity contribution in [3.05, 3.63) is 35.4 Å². The Bertz CT molecular complexity index is 1130. The Kier molecular flexibility index (Phi) is 39.5. The summed E-state index contributed by atoms with van der Waals surface area (Å²) in [6.45, 7) is 22.7. The van der Waals surface area contributed by atoms with E-state index >= 15 is 0 Å². The van der Waals surface area contributed by atoms with Crippen LogP contribution in [0.1, 0.15) is 179 Å². The standard InChI is InChI=1S/C52H94O12/c1-9-17-23-43(13-5)37-57-41-49(63-39-45(15-7)25-19-11-3)59-33-29-55-31-35-61-51(53)47-27-21-22-28-48(47)52(54)62-36-32-56-30-34-60-50(64-40-46(16-8)26-20-12-4)42-58-38-44(14-6)24-18-10-2/h21-22,27-28,43-46,49-50H,9-20,23-26,29-42H2,1-8H3. The quantitative estimate of drug-likeness (QED) is 0.0351. The summed E-state index contributed by atoms with van der Waals surface area (Å²) in [4.78, 5) is 26.0. The van der Waals surface area contributed by atoms with Gasteiger partial charge in [-0.05, 0) is 61.5 Å². The Morgan fingerprint density at radius 2 is 0.719 bits per heavy atom. The van der Waals surface area contributed by atoms with Crippen molar-refractivity contribution in [3.63, 3.8) is 0 Å². The number of hydrogen-bond donors (Lipinski definition) is 0. The third-order valence-corrected chi connectivity index (χ3v) is 11.8. The first-order valence-electron chi connectivity index (χ1n) is 25.5. The number of benzene rings is 1. The van der Waals surface area contributed by atoms with Crippen LogP contribution in [0.3, 0.4) is 0 Å². The average Bonchev–Trinajstić information content (AvgIpc) is 3.32. The van der Waals surface area contributed by atoms with Crippen LogP contribution in [-0.4, -0.2) is 117 Å². The fourth-order valence-corrected chi connectivity index (χ4v) is 7.09. The molecule has 1 aromatic carbocycles. The molecule has 6 unspecified atom stereocenters. The minimum absolute atomic E-state index is 0.0151. The molecule has 64 heavy (non-hydrogen) atoms. The van der Waals surface area contributed by atoms with Crippen LogP contribution in [0.2, 0.25) is 0 Å². The fraction of sp³-hybridized carbons (Fsp3) is 0.846. The lowest BCUT2D eigenvalue weighted by molar-refractivity contribution is -0.186. The minimum atomic E-state index is -0.633. The van der Waals surface area contributed by atoms with Gasteiger partial charge in [0.1, 0.15) is 13.2 Å². The van der Waals surface area contributed by atoms with E-state index in [0.29, 0.717) is 89.7 Å². The maximum Gasteiger partial charge on any atom is 0.339 e. The second kappa shape index (κ2) is 42.2. The summed E-state index contributed by atoms with van der Waals surface area (Å²) in [5.41, 5.74) is 0.247. The molecule has 0 bridgehead atoms. The summed E-state index contributed by atoms with van der Waals surface area (Å²) in [6.07, 6.45) is 17.5. The van der Waals surface area contributed by atoms with Crippen LogP contribution >= 0.6 is 0 Å². The molecule has 6 atom stereocenters. The van der Waals surface area contributed by atoms with Gasteiger partial charge in [0.25, 0.3) is 0 Å². The lowest BCUT2D eigenvalue weighted by Gasteiger charge is -2.23. The van der Waals surface area contributed by atoms with E-state index in [2.05, 4.69) is 55.4 Å². The van der Waals surface area contributed by atoms with Gasteiger partial charge in [-0.2, -0.15) is 0 Å². The van der Waals surface area contributed by atoms with Crippen LogP contribution in [0.25, 0.3) is 0 Å². The molecule has 0 radical (unpaired) electrons. The first-order valence-corrected chi connectivity index (χ1v) is 25.5. The third-order valence-electron chi connectivity index (χ3n) is 11.8. The molecule has 0 aliphatic carbocycles. The molecule has 0 amide bonds. The molecule has 0 saturated carbocycles. The van der Waals surface area contributed by atoms with Crippen molar-refractivity contribution in [1.29, 1.82) is 0 Å². The second-order valence-electron chi connectivity index (χ2n) is 17.1. The monoisotopic (exact) mass is 911 g/mol. The summed E-state index contributed by atoms with van der Waals surface area (Å²) in [6, 6.07) is 6.45. The fourth-order valence-electron chi connectivity index (χ4n) is 7.09. The molecule has 0 aromatic heterocycles. The predicted molar refractivity (Wildman–Crippen MR) is 255 cm³/mol. The molecule has 0 heterocycles. The van der Waals surface area contributed by atoms with E-state index in [9.17, 15) is 9.59 Å². The van der Waals surface area contributed by atoms with Gasteiger partial charge in [0.2, 0.25) is 0 Å². The summed E-state index contributed by atoms with van der Waals surface area (Å²) < 4.78 is 59.0. The Labute approximate surface area is 390 Å². The van der Waals surface area contributed by atoms with Gasteiger partial charge in [-0.1, -0.05) is 145 Å². The molecule has 1 rings (SSSR count). The Morgan fingerprint density at radius 1 is 0.391 bits per heavy atom. The first kappa shape index (κ1) is 59.9. The predicted octanol–water partition coefficient (Wildman–Crippen LogP) is 11.7. The van der Waals surface area contributed by atoms with Gasteiger partial charge in [0.05, 0.1) is 77.2 Å². The maximum absolute atomic E-state index is 13.0. The second-order valence-corrected chi connectivity index (χ2v) is 17.1. The van der Waals surface area contributed by atoms with Crippen molar-refractivity contribution in [2.24, 2.45) is 23.7 Å². The van der Waals surface area contributed by atoms with Gasteiger partial charge >= 0.3 is 11.9 Å². The molecule has 1 aromatic rings.